The molecule has 0 saturated carbocycles. The number of hydrogen-bond donors (Lipinski definition) is 1. The molecule has 30 heavy (non-hydrogen) atoms. The first-order chi connectivity index (χ1) is 14.0. The summed E-state index contributed by atoms with van der Waals surface area (Å²) in [7, 11) is 2.74. The van der Waals surface area contributed by atoms with E-state index in [-0.39, 0.29) is 23.6 Å². The van der Waals surface area contributed by atoms with Crippen molar-refractivity contribution in [3.63, 3.8) is 0 Å². The zero-order valence-corrected chi connectivity index (χ0v) is 16.5. The molecule has 0 saturated heterocycles. The zero-order chi connectivity index (χ0) is 22.5. The molecule has 0 fully saturated rings. The maximum absolute atomic E-state index is 13.2. The number of amides is 2. The van der Waals surface area contributed by atoms with E-state index in [1.54, 1.807) is 0 Å². The van der Waals surface area contributed by atoms with Gasteiger partial charge in [0.25, 0.3) is 0 Å². The van der Waals surface area contributed by atoms with Gasteiger partial charge in [0.05, 0.1) is 18.7 Å². The van der Waals surface area contributed by atoms with Crippen molar-refractivity contribution in [2.24, 2.45) is 0 Å². The van der Waals surface area contributed by atoms with Gasteiger partial charge in [-0.05, 0) is 36.2 Å². The average Bonchev–Trinajstić information content (AvgIpc) is 2.67. The van der Waals surface area contributed by atoms with E-state index < -0.39 is 30.4 Å². The number of carbonyl (C=O) groups excluding carboxylic acids is 1. The van der Waals surface area contributed by atoms with Gasteiger partial charge in [0.2, 0.25) is 0 Å². The van der Waals surface area contributed by atoms with E-state index in [1.807, 2.05) is 0 Å². The number of hydrogen-bond acceptors (Lipinski definition) is 3. The molecule has 0 spiro atoms. The van der Waals surface area contributed by atoms with Crippen LogP contribution in [0.2, 0.25) is 0 Å². The predicted molar refractivity (Wildman–Crippen MR) is 99.5 cm³/mol. The Labute approximate surface area is 170 Å². The summed E-state index contributed by atoms with van der Waals surface area (Å²) >= 11 is 0. The highest BCUT2D eigenvalue weighted by Crippen LogP contribution is 2.34. The minimum absolute atomic E-state index is 0.0538. The first kappa shape index (κ1) is 23.2. The third kappa shape index (κ3) is 5.98. The van der Waals surface area contributed by atoms with Crippen LogP contribution in [0.4, 0.5) is 26.7 Å². The van der Waals surface area contributed by atoms with Crippen LogP contribution in [0.5, 0.6) is 11.5 Å². The molecule has 2 aromatic rings. The number of benzene rings is 2. The molecule has 2 amide bonds. The summed E-state index contributed by atoms with van der Waals surface area (Å²) in [5.41, 5.74) is -0.323. The molecule has 2 aromatic carbocycles. The van der Waals surface area contributed by atoms with Crippen LogP contribution in [-0.2, 0) is 12.7 Å². The SMILES string of the molecule is COc1cc(CN(C)C(=O)NC(C)c2ccccc2C(F)(F)F)ccc1OC(F)F. The maximum atomic E-state index is 13.2. The number of carbonyl (C=O) groups is 1. The van der Waals surface area contributed by atoms with Crippen LogP contribution in [0.25, 0.3) is 0 Å². The molecule has 5 nitrogen and oxygen atoms in total. The van der Waals surface area contributed by atoms with Crippen LogP contribution in [-0.4, -0.2) is 31.7 Å². The van der Waals surface area contributed by atoms with Gasteiger partial charge < -0.3 is 19.7 Å². The largest absolute Gasteiger partial charge is 0.493 e. The number of methoxy groups -OCH3 is 1. The van der Waals surface area contributed by atoms with Gasteiger partial charge in [0.1, 0.15) is 0 Å². The standard InChI is InChI=1S/C20H21F5N2O3/c1-12(14-6-4-5-7-15(14)20(23,24)25)26-19(28)27(2)11-13-8-9-16(30-18(21)22)17(10-13)29-3/h4-10,12,18H,11H2,1-3H3,(H,26,28). The van der Waals surface area contributed by atoms with E-state index >= 15 is 0 Å². The van der Waals surface area contributed by atoms with E-state index in [0.717, 1.165) is 6.07 Å². The van der Waals surface area contributed by atoms with Crippen LogP contribution in [0.15, 0.2) is 42.5 Å². The van der Waals surface area contributed by atoms with Crippen molar-refractivity contribution in [2.75, 3.05) is 14.2 Å². The fraction of sp³-hybridized carbons (Fsp3) is 0.350. The third-order valence-corrected chi connectivity index (χ3v) is 4.28. The molecule has 0 bridgehead atoms. The van der Waals surface area contributed by atoms with Crippen LogP contribution in [0, 0.1) is 0 Å². The minimum atomic E-state index is -4.54. The quantitative estimate of drug-likeness (QED) is 0.611. The van der Waals surface area contributed by atoms with Crippen molar-refractivity contribution in [3.05, 3.63) is 59.2 Å². The summed E-state index contributed by atoms with van der Waals surface area (Å²) in [6.07, 6.45) is -4.54. The Kier molecular flexibility index (Phi) is 7.47. The number of urea groups is 1. The molecule has 2 rings (SSSR count). The summed E-state index contributed by atoms with van der Waals surface area (Å²) in [6, 6.07) is 7.70. The highest BCUT2D eigenvalue weighted by molar-refractivity contribution is 5.74. The summed E-state index contributed by atoms with van der Waals surface area (Å²) in [6.45, 7) is -1.50. The molecular formula is C20H21F5N2O3. The van der Waals surface area contributed by atoms with Crippen molar-refractivity contribution >= 4 is 6.03 Å². The Morgan fingerprint density at radius 3 is 2.40 bits per heavy atom. The van der Waals surface area contributed by atoms with Crippen LogP contribution in [0.3, 0.4) is 0 Å². The number of nitrogens with zero attached hydrogens (tertiary/aromatic N) is 1. The Bertz CT molecular complexity index is 874. The van der Waals surface area contributed by atoms with Crippen LogP contribution >= 0.6 is 0 Å². The van der Waals surface area contributed by atoms with Gasteiger partial charge in [-0.25, -0.2) is 4.79 Å². The molecule has 0 aromatic heterocycles. The zero-order valence-electron chi connectivity index (χ0n) is 16.5. The first-order valence-corrected chi connectivity index (χ1v) is 8.82. The van der Waals surface area contributed by atoms with Crippen molar-refractivity contribution in [2.45, 2.75) is 32.3 Å². The Hall–Kier alpha value is -3.04. The van der Waals surface area contributed by atoms with Gasteiger partial charge in [0, 0.05) is 13.6 Å². The molecule has 0 aliphatic carbocycles. The lowest BCUT2D eigenvalue weighted by Crippen LogP contribution is -2.38. The van der Waals surface area contributed by atoms with Crippen LogP contribution in [0.1, 0.15) is 29.7 Å². The molecule has 0 radical (unpaired) electrons. The van der Waals surface area contributed by atoms with Gasteiger partial charge in [0.15, 0.2) is 11.5 Å². The number of ether oxygens (including phenoxy) is 2. The number of rotatable bonds is 7. The van der Waals surface area contributed by atoms with Gasteiger partial charge in [-0.1, -0.05) is 24.3 Å². The number of nitrogens with one attached hydrogen (secondary N) is 1. The van der Waals surface area contributed by atoms with E-state index in [0.29, 0.717) is 5.56 Å². The smallest absolute Gasteiger partial charge is 0.416 e. The monoisotopic (exact) mass is 432 g/mol. The minimum Gasteiger partial charge on any atom is -0.493 e. The molecule has 0 aliphatic heterocycles. The van der Waals surface area contributed by atoms with Crippen molar-refractivity contribution in [3.8, 4) is 11.5 Å². The van der Waals surface area contributed by atoms with Crippen molar-refractivity contribution in [1.29, 1.82) is 0 Å². The molecule has 0 aliphatic rings. The first-order valence-electron chi connectivity index (χ1n) is 8.82. The number of alkyl halides is 5. The predicted octanol–water partition coefficient (Wildman–Crippen LogP) is 5.22. The average molecular weight is 432 g/mol. The fourth-order valence-electron chi connectivity index (χ4n) is 2.86. The lowest BCUT2D eigenvalue weighted by atomic mass is 10.0. The second-order valence-corrected chi connectivity index (χ2v) is 6.48. The Morgan fingerprint density at radius 1 is 1.13 bits per heavy atom. The summed E-state index contributed by atoms with van der Waals surface area (Å²) in [5, 5.41) is 2.53. The van der Waals surface area contributed by atoms with Crippen molar-refractivity contribution in [1.82, 2.24) is 10.2 Å². The second-order valence-electron chi connectivity index (χ2n) is 6.48. The lowest BCUT2D eigenvalue weighted by molar-refractivity contribution is -0.138. The van der Waals surface area contributed by atoms with Crippen LogP contribution < -0.4 is 14.8 Å². The molecule has 1 unspecified atom stereocenters. The normalized spacial score (nSPS) is 12.4. The van der Waals surface area contributed by atoms with E-state index in [4.69, 9.17) is 4.74 Å². The molecule has 0 heterocycles. The molecule has 164 valence electrons. The summed E-state index contributed by atoms with van der Waals surface area (Å²) < 4.78 is 73.7. The van der Waals surface area contributed by atoms with Gasteiger partial charge >= 0.3 is 18.8 Å². The highest BCUT2D eigenvalue weighted by Gasteiger charge is 2.34. The Balaban J connectivity index is 2.08. The number of halogens is 5. The van der Waals surface area contributed by atoms with Gasteiger partial charge in [-0.2, -0.15) is 22.0 Å². The summed E-state index contributed by atoms with van der Waals surface area (Å²) in [5.74, 6) is -0.0881. The molecule has 1 N–H and O–H groups in total. The molecular weight excluding hydrogens is 411 g/mol. The van der Waals surface area contributed by atoms with Gasteiger partial charge in [-0.3, -0.25) is 0 Å². The lowest BCUT2D eigenvalue weighted by Gasteiger charge is -2.24. The topological polar surface area (TPSA) is 50.8 Å². The molecule has 1 atom stereocenters. The van der Waals surface area contributed by atoms with Gasteiger partial charge in [-0.15, -0.1) is 0 Å². The Morgan fingerprint density at radius 2 is 1.80 bits per heavy atom. The molecule has 10 heteroatoms. The third-order valence-electron chi connectivity index (χ3n) is 4.28. The summed E-state index contributed by atoms with van der Waals surface area (Å²) in [4.78, 5) is 13.7. The highest BCUT2D eigenvalue weighted by atomic mass is 19.4. The van der Waals surface area contributed by atoms with E-state index in [2.05, 4.69) is 10.1 Å². The maximum Gasteiger partial charge on any atom is 0.416 e. The van der Waals surface area contributed by atoms with Crippen molar-refractivity contribution < 1.29 is 36.2 Å². The second kappa shape index (κ2) is 9.64. The fourth-order valence-corrected chi connectivity index (χ4v) is 2.86. The van der Waals surface area contributed by atoms with E-state index in [9.17, 15) is 26.7 Å². The van der Waals surface area contributed by atoms with E-state index in [1.165, 1.54) is 62.4 Å².